The lowest BCUT2D eigenvalue weighted by molar-refractivity contribution is 0.209. The Balaban J connectivity index is 1.67. The first-order chi connectivity index (χ1) is 16.5. The Morgan fingerprint density at radius 2 is 1.65 bits per heavy atom. The zero-order valence-electron chi connectivity index (χ0n) is 21.5. The second-order valence-electron chi connectivity index (χ2n) is 9.79. The summed E-state index contributed by atoms with van der Waals surface area (Å²) >= 11 is 1.78. The molecule has 0 spiro atoms. The molecule has 0 bridgehead atoms. The number of anilines is 1. The fourth-order valence-corrected chi connectivity index (χ4v) is 7.21. The highest BCUT2D eigenvalue weighted by Crippen LogP contribution is 2.38. The van der Waals surface area contributed by atoms with E-state index in [-0.39, 0.29) is 0 Å². The van der Waals surface area contributed by atoms with Crippen LogP contribution in [0.25, 0.3) is 10.1 Å². The number of piperidine rings is 1. The maximum atomic E-state index is 13.1. The number of likely N-dealkylation sites (tertiary alicyclic amines) is 1. The summed E-state index contributed by atoms with van der Waals surface area (Å²) in [6, 6.07) is 6.05. The smallest absolute Gasteiger partial charge is 0.301 e. The van der Waals surface area contributed by atoms with Crippen molar-refractivity contribution in [1.82, 2.24) is 9.21 Å². The van der Waals surface area contributed by atoms with Crippen LogP contribution in [0.5, 0.6) is 0 Å². The van der Waals surface area contributed by atoms with Gasteiger partial charge in [0.15, 0.2) is 0 Å². The molecule has 3 rings (SSSR count). The van der Waals surface area contributed by atoms with Crippen molar-refractivity contribution in [3.05, 3.63) is 29.1 Å². The highest BCUT2D eigenvalue weighted by atomic mass is 32.2. The molecular formula is C27H45N3O2S2. The molecule has 0 aliphatic carbocycles. The number of nitrogens with zero attached hydrogens (tertiary/aromatic N) is 2. The minimum atomic E-state index is -3.55. The molecule has 1 aromatic heterocycles. The van der Waals surface area contributed by atoms with E-state index < -0.39 is 10.2 Å². The van der Waals surface area contributed by atoms with Gasteiger partial charge in [-0.05, 0) is 92.2 Å². The van der Waals surface area contributed by atoms with Gasteiger partial charge < -0.3 is 4.90 Å². The largest absolute Gasteiger partial charge is 0.303 e. The zero-order valence-corrected chi connectivity index (χ0v) is 23.2. The van der Waals surface area contributed by atoms with E-state index in [9.17, 15) is 8.42 Å². The van der Waals surface area contributed by atoms with Crippen LogP contribution in [0.2, 0.25) is 0 Å². The zero-order chi connectivity index (χ0) is 24.4. The summed E-state index contributed by atoms with van der Waals surface area (Å²) in [5.74, 6) is 0.568. The van der Waals surface area contributed by atoms with Crippen LogP contribution in [0.3, 0.4) is 0 Å². The first-order valence-corrected chi connectivity index (χ1v) is 15.8. The molecule has 34 heavy (non-hydrogen) atoms. The third-order valence-electron chi connectivity index (χ3n) is 7.07. The van der Waals surface area contributed by atoms with Crippen LogP contribution in [0.15, 0.2) is 23.6 Å². The van der Waals surface area contributed by atoms with E-state index >= 15 is 0 Å². The van der Waals surface area contributed by atoms with Crippen molar-refractivity contribution in [3.8, 4) is 0 Å². The minimum Gasteiger partial charge on any atom is -0.303 e. The molecule has 0 saturated carbocycles. The summed E-state index contributed by atoms with van der Waals surface area (Å²) in [5, 5.41) is 3.53. The monoisotopic (exact) mass is 507 g/mol. The number of unbranched alkanes of at least 4 members (excludes halogenated alkanes) is 5. The quantitative estimate of drug-likeness (QED) is 0.259. The van der Waals surface area contributed by atoms with E-state index in [1.165, 1.54) is 73.8 Å². The first-order valence-electron chi connectivity index (χ1n) is 13.5. The molecule has 1 N–H and O–H groups in total. The number of fused-ring (bicyclic) bond motifs is 1. The average Bonchev–Trinajstić information content (AvgIpc) is 3.25. The third kappa shape index (κ3) is 7.67. The van der Waals surface area contributed by atoms with Crippen molar-refractivity contribution >= 4 is 37.3 Å². The molecule has 0 amide bonds. The summed E-state index contributed by atoms with van der Waals surface area (Å²) in [6.07, 6.45) is 11.4. The van der Waals surface area contributed by atoms with Gasteiger partial charge >= 0.3 is 10.2 Å². The Labute approximate surface area is 212 Å². The maximum absolute atomic E-state index is 13.1. The highest BCUT2D eigenvalue weighted by Gasteiger charge is 2.24. The number of benzene rings is 1. The topological polar surface area (TPSA) is 52.7 Å². The number of hydrogen-bond donors (Lipinski definition) is 1. The maximum Gasteiger partial charge on any atom is 0.301 e. The summed E-state index contributed by atoms with van der Waals surface area (Å²) < 4.78 is 32.0. The van der Waals surface area contributed by atoms with Gasteiger partial charge in [-0.25, -0.2) is 0 Å². The Morgan fingerprint density at radius 3 is 2.29 bits per heavy atom. The molecule has 0 unspecified atom stereocenters. The molecule has 0 radical (unpaired) electrons. The van der Waals surface area contributed by atoms with E-state index in [1.807, 2.05) is 6.07 Å². The van der Waals surface area contributed by atoms with E-state index in [0.29, 0.717) is 24.7 Å². The van der Waals surface area contributed by atoms with Gasteiger partial charge in [-0.1, -0.05) is 52.9 Å². The van der Waals surface area contributed by atoms with E-state index in [0.717, 1.165) is 25.7 Å². The molecule has 1 aromatic carbocycles. The summed E-state index contributed by atoms with van der Waals surface area (Å²) in [7, 11) is -3.55. The predicted octanol–water partition coefficient (Wildman–Crippen LogP) is 7.22. The van der Waals surface area contributed by atoms with Crippen LogP contribution in [0.4, 0.5) is 5.69 Å². The molecule has 1 aliphatic heterocycles. The molecule has 0 atom stereocenters. The second-order valence-corrected chi connectivity index (χ2v) is 12.4. The molecule has 7 heteroatoms. The van der Waals surface area contributed by atoms with Gasteiger partial charge in [0.05, 0.1) is 5.69 Å². The summed E-state index contributed by atoms with van der Waals surface area (Å²) in [4.78, 5) is 2.63. The van der Waals surface area contributed by atoms with E-state index in [2.05, 4.69) is 47.9 Å². The van der Waals surface area contributed by atoms with E-state index in [4.69, 9.17) is 0 Å². The lowest BCUT2D eigenvalue weighted by Crippen LogP contribution is -2.37. The molecule has 5 nitrogen and oxygen atoms in total. The summed E-state index contributed by atoms with van der Waals surface area (Å²) in [6.45, 7) is 11.2. The lowest BCUT2D eigenvalue weighted by atomic mass is 9.89. The Morgan fingerprint density at radius 1 is 0.971 bits per heavy atom. The molecule has 2 aromatic rings. The predicted molar refractivity (Wildman–Crippen MR) is 148 cm³/mol. The molecular weight excluding hydrogens is 462 g/mol. The molecule has 2 heterocycles. The molecule has 1 saturated heterocycles. The van der Waals surface area contributed by atoms with Crippen molar-refractivity contribution in [2.75, 3.05) is 37.4 Å². The number of hydrogen-bond acceptors (Lipinski definition) is 4. The van der Waals surface area contributed by atoms with Crippen LogP contribution >= 0.6 is 11.3 Å². The Bertz CT molecular complexity index is 957. The lowest BCUT2D eigenvalue weighted by Gasteiger charge is -2.32. The van der Waals surface area contributed by atoms with Crippen LogP contribution < -0.4 is 4.72 Å². The fourth-order valence-electron chi connectivity index (χ4n) is 4.89. The number of rotatable bonds is 15. The van der Waals surface area contributed by atoms with Crippen LogP contribution in [0, 0.1) is 0 Å². The van der Waals surface area contributed by atoms with Crippen molar-refractivity contribution < 1.29 is 8.42 Å². The Hall–Kier alpha value is -1.15. The van der Waals surface area contributed by atoms with Crippen molar-refractivity contribution in [2.45, 2.75) is 90.9 Å². The standard InChI is InChI=1S/C27H45N3O2S2/c1-4-7-10-11-16-29-19-14-23(15-20-29)26-22-33-27-13-12-24(21-25(26)27)28-34(31,32)30(17-8-5-2)18-9-6-3/h12-13,21-23,28H,4-11,14-20H2,1-3H3. The van der Waals surface area contributed by atoms with Crippen LogP contribution in [0.1, 0.15) is 96.5 Å². The third-order valence-corrected chi connectivity index (χ3v) is 9.59. The van der Waals surface area contributed by atoms with Gasteiger partial charge in [-0.2, -0.15) is 12.7 Å². The van der Waals surface area contributed by atoms with Gasteiger partial charge in [0.25, 0.3) is 0 Å². The average molecular weight is 508 g/mol. The normalized spacial score (nSPS) is 16.0. The van der Waals surface area contributed by atoms with Crippen molar-refractivity contribution in [3.63, 3.8) is 0 Å². The molecule has 1 aliphatic rings. The highest BCUT2D eigenvalue weighted by molar-refractivity contribution is 7.90. The first kappa shape index (κ1) is 27.4. The van der Waals surface area contributed by atoms with Gasteiger partial charge in [0, 0.05) is 17.8 Å². The van der Waals surface area contributed by atoms with Gasteiger partial charge in [-0.3, -0.25) is 4.72 Å². The number of thiophene rings is 1. The van der Waals surface area contributed by atoms with Crippen LogP contribution in [-0.4, -0.2) is 50.3 Å². The van der Waals surface area contributed by atoms with Crippen molar-refractivity contribution in [1.29, 1.82) is 0 Å². The van der Waals surface area contributed by atoms with Gasteiger partial charge in [0.2, 0.25) is 0 Å². The minimum absolute atomic E-state index is 0.568. The van der Waals surface area contributed by atoms with Crippen LogP contribution in [-0.2, 0) is 10.2 Å². The second kappa shape index (κ2) is 13.8. The van der Waals surface area contributed by atoms with Gasteiger partial charge in [-0.15, -0.1) is 11.3 Å². The van der Waals surface area contributed by atoms with E-state index in [1.54, 1.807) is 15.6 Å². The SMILES string of the molecule is CCCCCCN1CCC(c2csc3ccc(NS(=O)(=O)N(CCCC)CCCC)cc23)CC1. The fraction of sp³-hybridized carbons (Fsp3) is 0.704. The molecule has 1 fully saturated rings. The number of nitrogens with one attached hydrogen (secondary N) is 1. The molecule has 192 valence electrons. The van der Waals surface area contributed by atoms with Gasteiger partial charge in [0.1, 0.15) is 0 Å². The Kier molecular flexibility index (Phi) is 11.1. The van der Waals surface area contributed by atoms with Crippen molar-refractivity contribution in [2.24, 2.45) is 0 Å². The summed E-state index contributed by atoms with van der Waals surface area (Å²) in [5.41, 5.74) is 2.08.